The Hall–Kier alpha value is -1.95. The van der Waals surface area contributed by atoms with Crippen molar-refractivity contribution < 1.29 is 19.1 Å². The molecule has 1 aromatic carbocycles. The number of nitrogens with zero attached hydrogens (tertiary/aromatic N) is 1. The lowest BCUT2D eigenvalue weighted by Gasteiger charge is -2.42. The molecule has 2 N–H and O–H groups in total. The van der Waals surface area contributed by atoms with Gasteiger partial charge in [0.25, 0.3) is 0 Å². The number of carboxylic acid groups (broad SMARTS) is 1. The maximum absolute atomic E-state index is 13.1. The molecule has 2 aliphatic carbocycles. The average molecular weight is 334 g/mol. The lowest BCUT2D eigenvalue weighted by Crippen LogP contribution is -2.55. The first kappa shape index (κ1) is 16.9. The molecule has 0 spiro atoms. The van der Waals surface area contributed by atoms with E-state index in [1.165, 1.54) is 25.0 Å². The largest absolute Gasteiger partial charge is 0.480 e. The Bertz CT molecular complexity index is 612. The summed E-state index contributed by atoms with van der Waals surface area (Å²) < 4.78 is 13.1. The van der Waals surface area contributed by atoms with Crippen LogP contribution in [0.15, 0.2) is 24.3 Å². The zero-order valence-corrected chi connectivity index (χ0v) is 13.6. The van der Waals surface area contributed by atoms with Crippen LogP contribution in [0, 0.1) is 11.7 Å². The van der Waals surface area contributed by atoms with Crippen molar-refractivity contribution in [1.82, 2.24) is 10.2 Å². The van der Waals surface area contributed by atoms with Crippen LogP contribution >= 0.6 is 0 Å². The van der Waals surface area contributed by atoms with Crippen molar-refractivity contribution in [2.45, 2.75) is 44.2 Å². The van der Waals surface area contributed by atoms with Gasteiger partial charge in [0.15, 0.2) is 0 Å². The number of carbonyl (C=O) groups excluding carboxylic acids is 1. The molecule has 0 radical (unpaired) electrons. The molecule has 0 unspecified atom stereocenters. The Morgan fingerprint density at radius 3 is 2.67 bits per heavy atom. The molecule has 0 atom stereocenters. The molecule has 2 aliphatic rings. The summed E-state index contributed by atoms with van der Waals surface area (Å²) in [6.45, 7) is 0.923. The van der Waals surface area contributed by atoms with Crippen LogP contribution in [0.2, 0.25) is 0 Å². The van der Waals surface area contributed by atoms with E-state index in [-0.39, 0.29) is 36.8 Å². The van der Waals surface area contributed by atoms with Crippen molar-refractivity contribution >= 4 is 11.9 Å². The van der Waals surface area contributed by atoms with Crippen LogP contribution in [-0.4, -0.2) is 47.1 Å². The smallest absolute Gasteiger partial charge is 0.317 e. The zero-order valence-electron chi connectivity index (χ0n) is 13.6. The van der Waals surface area contributed by atoms with Crippen molar-refractivity contribution in [2.75, 3.05) is 13.1 Å². The predicted octanol–water partition coefficient (Wildman–Crippen LogP) is 1.81. The molecular weight excluding hydrogens is 311 g/mol. The van der Waals surface area contributed by atoms with Gasteiger partial charge in [0.2, 0.25) is 5.91 Å². The summed E-state index contributed by atoms with van der Waals surface area (Å²) in [6, 6.07) is 6.38. The molecule has 3 rings (SSSR count). The van der Waals surface area contributed by atoms with E-state index < -0.39 is 5.97 Å². The molecule has 0 aliphatic heterocycles. The van der Waals surface area contributed by atoms with Crippen molar-refractivity contribution in [1.29, 1.82) is 0 Å². The van der Waals surface area contributed by atoms with E-state index in [9.17, 15) is 14.0 Å². The Kier molecular flexibility index (Phi) is 5.14. The van der Waals surface area contributed by atoms with E-state index in [0.717, 1.165) is 19.4 Å². The van der Waals surface area contributed by atoms with Crippen LogP contribution in [0.1, 0.15) is 31.2 Å². The van der Waals surface area contributed by atoms with E-state index in [1.807, 2.05) is 4.90 Å². The predicted molar refractivity (Wildman–Crippen MR) is 87.0 cm³/mol. The standard InChI is InChI=1S/C18H23FN2O3/c19-14-3-1-2-13(6-14)7-17(22)20-15-8-16(9-15)21(11-18(23)24)10-12-4-5-12/h1-3,6,12,15-16H,4-5,7-11H2,(H,20,22)(H,23,24). The fourth-order valence-electron chi connectivity index (χ4n) is 3.26. The van der Waals surface area contributed by atoms with Crippen LogP contribution in [0.3, 0.4) is 0 Å². The van der Waals surface area contributed by atoms with Gasteiger partial charge in [-0.1, -0.05) is 12.1 Å². The van der Waals surface area contributed by atoms with Gasteiger partial charge < -0.3 is 10.4 Å². The first-order chi connectivity index (χ1) is 11.5. The number of nitrogens with one attached hydrogen (secondary N) is 1. The average Bonchev–Trinajstić information content (AvgIpc) is 3.25. The quantitative estimate of drug-likeness (QED) is 0.761. The molecule has 5 nitrogen and oxygen atoms in total. The van der Waals surface area contributed by atoms with E-state index in [2.05, 4.69) is 5.32 Å². The Balaban J connectivity index is 1.43. The third kappa shape index (κ3) is 4.77. The normalized spacial score (nSPS) is 22.9. The second kappa shape index (κ2) is 7.30. The first-order valence-corrected chi connectivity index (χ1v) is 8.49. The van der Waals surface area contributed by atoms with E-state index >= 15 is 0 Å². The molecule has 130 valence electrons. The summed E-state index contributed by atoms with van der Waals surface area (Å²) >= 11 is 0. The van der Waals surface area contributed by atoms with Crippen LogP contribution in [-0.2, 0) is 16.0 Å². The van der Waals surface area contributed by atoms with Gasteiger partial charge in [-0.25, -0.2) is 4.39 Å². The number of carboxylic acids is 1. The molecule has 0 aromatic heterocycles. The van der Waals surface area contributed by atoms with Crippen molar-refractivity contribution in [3.63, 3.8) is 0 Å². The molecular formula is C18H23FN2O3. The molecule has 2 fully saturated rings. The maximum atomic E-state index is 13.1. The second-order valence-electron chi connectivity index (χ2n) is 6.96. The van der Waals surface area contributed by atoms with Gasteiger partial charge >= 0.3 is 5.97 Å². The third-order valence-electron chi connectivity index (χ3n) is 4.78. The minimum absolute atomic E-state index is 0.0745. The van der Waals surface area contributed by atoms with Gasteiger partial charge in [0, 0.05) is 18.6 Å². The van der Waals surface area contributed by atoms with Gasteiger partial charge in [-0.2, -0.15) is 0 Å². The molecule has 1 amide bonds. The van der Waals surface area contributed by atoms with Gasteiger partial charge in [0.05, 0.1) is 13.0 Å². The van der Waals surface area contributed by atoms with Crippen molar-refractivity contribution in [3.8, 4) is 0 Å². The van der Waals surface area contributed by atoms with E-state index in [4.69, 9.17) is 5.11 Å². The Morgan fingerprint density at radius 1 is 1.29 bits per heavy atom. The molecule has 0 heterocycles. The highest BCUT2D eigenvalue weighted by atomic mass is 19.1. The van der Waals surface area contributed by atoms with Gasteiger partial charge in [-0.3, -0.25) is 14.5 Å². The van der Waals surface area contributed by atoms with Crippen molar-refractivity contribution in [2.24, 2.45) is 5.92 Å². The molecule has 1 aromatic rings. The molecule has 2 saturated carbocycles. The zero-order chi connectivity index (χ0) is 17.1. The summed E-state index contributed by atoms with van der Waals surface area (Å²) in [5.74, 6) is -0.607. The summed E-state index contributed by atoms with van der Waals surface area (Å²) in [4.78, 5) is 25.1. The van der Waals surface area contributed by atoms with Gasteiger partial charge in [-0.15, -0.1) is 0 Å². The SMILES string of the molecule is O=C(O)CN(CC1CC1)C1CC(NC(=O)Cc2cccc(F)c2)C1. The topological polar surface area (TPSA) is 69.6 Å². The molecule has 24 heavy (non-hydrogen) atoms. The monoisotopic (exact) mass is 334 g/mol. The van der Waals surface area contributed by atoms with Crippen LogP contribution in [0.25, 0.3) is 0 Å². The van der Waals surface area contributed by atoms with Crippen LogP contribution in [0.5, 0.6) is 0 Å². The van der Waals surface area contributed by atoms with E-state index in [0.29, 0.717) is 11.5 Å². The Morgan fingerprint density at radius 2 is 2.04 bits per heavy atom. The minimum atomic E-state index is -0.797. The maximum Gasteiger partial charge on any atom is 0.317 e. The lowest BCUT2D eigenvalue weighted by atomic mass is 9.85. The highest BCUT2D eigenvalue weighted by Crippen LogP contribution is 2.33. The summed E-state index contributed by atoms with van der Waals surface area (Å²) in [6.07, 6.45) is 4.12. The molecule has 0 bridgehead atoms. The fraction of sp³-hybridized carbons (Fsp3) is 0.556. The number of rotatable bonds is 8. The van der Waals surface area contributed by atoms with E-state index in [1.54, 1.807) is 12.1 Å². The van der Waals surface area contributed by atoms with Crippen molar-refractivity contribution in [3.05, 3.63) is 35.6 Å². The second-order valence-corrected chi connectivity index (χ2v) is 6.96. The summed E-state index contributed by atoms with van der Waals surface area (Å²) in [5, 5.41) is 12.0. The third-order valence-corrected chi connectivity index (χ3v) is 4.78. The van der Waals surface area contributed by atoms with Crippen LogP contribution in [0.4, 0.5) is 4.39 Å². The lowest BCUT2D eigenvalue weighted by molar-refractivity contribution is -0.140. The fourth-order valence-corrected chi connectivity index (χ4v) is 3.26. The highest BCUT2D eigenvalue weighted by molar-refractivity contribution is 5.79. The van der Waals surface area contributed by atoms with Crippen LogP contribution < -0.4 is 5.32 Å². The molecule has 0 saturated heterocycles. The van der Waals surface area contributed by atoms with Gasteiger partial charge in [-0.05, 0) is 49.3 Å². The number of benzene rings is 1. The summed E-state index contributed by atoms with van der Waals surface area (Å²) in [5.41, 5.74) is 0.657. The minimum Gasteiger partial charge on any atom is -0.480 e. The highest BCUT2D eigenvalue weighted by Gasteiger charge is 2.37. The summed E-state index contributed by atoms with van der Waals surface area (Å²) in [7, 11) is 0. The number of carbonyl (C=O) groups is 2. The first-order valence-electron chi connectivity index (χ1n) is 8.49. The molecule has 6 heteroatoms. The number of amides is 1. The number of aliphatic carboxylic acids is 1. The number of hydrogen-bond donors (Lipinski definition) is 2. The Labute approximate surface area is 140 Å². The number of hydrogen-bond acceptors (Lipinski definition) is 3. The number of halogens is 1. The van der Waals surface area contributed by atoms with Gasteiger partial charge in [0.1, 0.15) is 5.82 Å².